The van der Waals surface area contributed by atoms with E-state index in [-0.39, 0.29) is 29.6 Å². The summed E-state index contributed by atoms with van der Waals surface area (Å²) in [6.07, 6.45) is 0.149. The van der Waals surface area contributed by atoms with E-state index in [0.717, 1.165) is 11.3 Å². The molecule has 0 atom stereocenters. The number of carbonyl (C=O) groups excluding carboxylic acids is 1. The first-order chi connectivity index (χ1) is 12.9. The van der Waals surface area contributed by atoms with Gasteiger partial charge in [-0.25, -0.2) is 8.42 Å². The van der Waals surface area contributed by atoms with Gasteiger partial charge in [-0.1, -0.05) is 29.8 Å². The predicted molar refractivity (Wildman–Crippen MR) is 105 cm³/mol. The normalized spacial score (nSPS) is 15.9. The molecule has 8 heteroatoms. The van der Waals surface area contributed by atoms with Gasteiger partial charge < -0.3 is 0 Å². The summed E-state index contributed by atoms with van der Waals surface area (Å²) in [5.41, 5.74) is 5.44. The number of aryl methyl sites for hydroxylation is 1. The first kappa shape index (κ1) is 18.9. The van der Waals surface area contributed by atoms with E-state index in [1.807, 2.05) is 38.1 Å². The molecule has 2 aromatic rings. The van der Waals surface area contributed by atoms with Crippen LogP contribution >= 0.6 is 0 Å². The molecule has 0 aromatic heterocycles. The number of amides is 1. The second kappa shape index (κ2) is 7.79. The van der Waals surface area contributed by atoms with Crippen LogP contribution in [0.5, 0.6) is 0 Å². The molecular weight excluding hydrogens is 364 g/mol. The first-order valence-corrected chi connectivity index (χ1v) is 10.2. The monoisotopic (exact) mass is 386 g/mol. The van der Waals surface area contributed by atoms with Gasteiger partial charge >= 0.3 is 0 Å². The van der Waals surface area contributed by atoms with Crippen LogP contribution in [0, 0.1) is 6.92 Å². The second-order valence-electron chi connectivity index (χ2n) is 6.20. The van der Waals surface area contributed by atoms with E-state index in [4.69, 9.17) is 0 Å². The fraction of sp³-hybridized carbons (Fsp3) is 0.263. The third-order valence-corrected chi connectivity index (χ3v) is 5.59. The molecule has 0 bridgehead atoms. The molecule has 1 aliphatic rings. The number of nitrogens with zero attached hydrogens (tertiary/aromatic N) is 2. The highest BCUT2D eigenvalue weighted by Gasteiger charge is 2.29. The standard InChI is InChI=1S/C19H22N4O3S/c1-3-23(15-10-8-14(2)9-11-15)21-18(24)12-13-20-19-16-6-4-5-7-17(16)27(25,26)22-19/h4-11H,3,12-13H2,1-2H3,(H,20,22)(H,21,24). The number of sulfonamides is 1. The van der Waals surface area contributed by atoms with Crippen molar-refractivity contribution in [3.63, 3.8) is 0 Å². The van der Waals surface area contributed by atoms with Gasteiger partial charge in [-0.15, -0.1) is 0 Å². The summed E-state index contributed by atoms with van der Waals surface area (Å²) < 4.78 is 26.5. The van der Waals surface area contributed by atoms with Crippen LogP contribution in [0.2, 0.25) is 0 Å². The SMILES string of the molecule is CCN(NC(=O)CCN=C1NS(=O)(=O)c2ccccc21)c1ccc(C)cc1. The summed E-state index contributed by atoms with van der Waals surface area (Å²) in [6.45, 7) is 4.76. The number of amidine groups is 1. The van der Waals surface area contributed by atoms with E-state index in [2.05, 4.69) is 15.1 Å². The zero-order valence-corrected chi connectivity index (χ0v) is 16.1. The largest absolute Gasteiger partial charge is 0.286 e. The Bertz CT molecular complexity index is 969. The van der Waals surface area contributed by atoms with Crippen LogP contribution in [0.15, 0.2) is 58.4 Å². The third-order valence-electron chi connectivity index (χ3n) is 4.19. The number of hydrogen-bond donors (Lipinski definition) is 2. The molecule has 0 saturated carbocycles. The van der Waals surface area contributed by atoms with Crippen molar-refractivity contribution in [3.05, 3.63) is 59.7 Å². The number of hydrogen-bond acceptors (Lipinski definition) is 5. The minimum Gasteiger partial charge on any atom is -0.286 e. The molecule has 3 rings (SSSR count). The highest BCUT2D eigenvalue weighted by Crippen LogP contribution is 2.22. The molecule has 0 spiro atoms. The molecule has 0 fully saturated rings. The molecule has 2 N–H and O–H groups in total. The van der Waals surface area contributed by atoms with Crippen molar-refractivity contribution in [1.82, 2.24) is 10.1 Å². The number of aliphatic imine (C=N–C) groups is 1. The number of anilines is 1. The van der Waals surface area contributed by atoms with Crippen molar-refractivity contribution in [2.24, 2.45) is 4.99 Å². The van der Waals surface area contributed by atoms with Gasteiger partial charge in [-0.2, -0.15) is 0 Å². The zero-order chi connectivity index (χ0) is 19.4. The lowest BCUT2D eigenvalue weighted by Crippen LogP contribution is -2.42. The minimum absolute atomic E-state index is 0.149. The molecule has 2 aromatic carbocycles. The number of benzene rings is 2. The lowest BCUT2D eigenvalue weighted by Gasteiger charge is -2.23. The van der Waals surface area contributed by atoms with Crippen LogP contribution in [0.25, 0.3) is 0 Å². The molecule has 142 valence electrons. The van der Waals surface area contributed by atoms with Crippen molar-refractivity contribution < 1.29 is 13.2 Å². The summed E-state index contributed by atoms with van der Waals surface area (Å²) in [5.74, 6) is 0.0974. The molecule has 1 heterocycles. The Labute approximate surface area is 159 Å². The van der Waals surface area contributed by atoms with Crippen LogP contribution in [0.1, 0.15) is 24.5 Å². The van der Waals surface area contributed by atoms with Crippen molar-refractivity contribution >= 4 is 27.5 Å². The first-order valence-electron chi connectivity index (χ1n) is 8.71. The fourth-order valence-electron chi connectivity index (χ4n) is 2.78. The average molecular weight is 386 g/mol. The van der Waals surface area contributed by atoms with Gasteiger partial charge in [0.25, 0.3) is 10.0 Å². The Hall–Kier alpha value is -2.87. The van der Waals surface area contributed by atoms with Gasteiger partial charge in [-0.05, 0) is 38.1 Å². The topological polar surface area (TPSA) is 90.9 Å². The molecule has 0 unspecified atom stereocenters. The van der Waals surface area contributed by atoms with E-state index in [1.165, 1.54) is 6.07 Å². The van der Waals surface area contributed by atoms with E-state index in [9.17, 15) is 13.2 Å². The van der Waals surface area contributed by atoms with Crippen LogP contribution < -0.4 is 15.2 Å². The predicted octanol–water partition coefficient (Wildman–Crippen LogP) is 1.98. The lowest BCUT2D eigenvalue weighted by molar-refractivity contribution is -0.121. The number of rotatable bonds is 6. The Morgan fingerprint density at radius 3 is 2.56 bits per heavy atom. The zero-order valence-electron chi connectivity index (χ0n) is 15.3. The van der Waals surface area contributed by atoms with E-state index in [0.29, 0.717) is 12.1 Å². The quantitative estimate of drug-likeness (QED) is 0.743. The molecule has 1 amide bonds. The van der Waals surface area contributed by atoms with Gasteiger partial charge in [0.2, 0.25) is 5.91 Å². The lowest BCUT2D eigenvalue weighted by atomic mass is 10.2. The Kier molecular flexibility index (Phi) is 5.46. The van der Waals surface area contributed by atoms with Gasteiger partial charge in [-0.3, -0.25) is 24.9 Å². The van der Waals surface area contributed by atoms with E-state index in [1.54, 1.807) is 23.2 Å². The van der Waals surface area contributed by atoms with Crippen molar-refractivity contribution in [1.29, 1.82) is 0 Å². The molecule has 7 nitrogen and oxygen atoms in total. The average Bonchev–Trinajstić information content (AvgIpc) is 2.91. The fourth-order valence-corrected chi connectivity index (χ4v) is 4.03. The molecular formula is C19H22N4O3S. The number of fused-ring (bicyclic) bond motifs is 1. The van der Waals surface area contributed by atoms with Crippen LogP contribution in [-0.4, -0.2) is 33.3 Å². The highest BCUT2D eigenvalue weighted by atomic mass is 32.2. The van der Waals surface area contributed by atoms with Gasteiger partial charge in [0, 0.05) is 18.5 Å². The Morgan fingerprint density at radius 2 is 1.85 bits per heavy atom. The Balaban J connectivity index is 1.61. The number of carbonyl (C=O) groups is 1. The molecule has 1 aliphatic heterocycles. The van der Waals surface area contributed by atoms with E-state index >= 15 is 0 Å². The van der Waals surface area contributed by atoms with Crippen molar-refractivity contribution in [3.8, 4) is 0 Å². The van der Waals surface area contributed by atoms with Crippen molar-refractivity contribution in [2.75, 3.05) is 18.1 Å². The smallest absolute Gasteiger partial charge is 0.263 e. The summed E-state index contributed by atoms with van der Waals surface area (Å²) >= 11 is 0. The maximum atomic E-state index is 12.2. The summed E-state index contributed by atoms with van der Waals surface area (Å²) in [4.78, 5) is 16.7. The van der Waals surface area contributed by atoms with Gasteiger partial charge in [0.05, 0.1) is 17.1 Å². The highest BCUT2D eigenvalue weighted by molar-refractivity contribution is 7.90. The second-order valence-corrected chi connectivity index (χ2v) is 7.85. The maximum Gasteiger partial charge on any atom is 0.263 e. The van der Waals surface area contributed by atoms with E-state index < -0.39 is 10.0 Å². The van der Waals surface area contributed by atoms with Gasteiger partial charge in [0.1, 0.15) is 5.84 Å². The molecule has 0 aliphatic carbocycles. The summed E-state index contributed by atoms with van der Waals surface area (Å²) in [5, 5.41) is 1.77. The van der Waals surface area contributed by atoms with Gasteiger partial charge in [0.15, 0.2) is 0 Å². The number of nitrogens with one attached hydrogen (secondary N) is 2. The number of hydrazine groups is 1. The van der Waals surface area contributed by atoms with Crippen LogP contribution in [0.4, 0.5) is 5.69 Å². The maximum absolute atomic E-state index is 12.2. The van der Waals surface area contributed by atoms with Crippen LogP contribution in [-0.2, 0) is 14.8 Å². The summed E-state index contributed by atoms with van der Waals surface area (Å²) in [7, 11) is -3.56. The van der Waals surface area contributed by atoms with Crippen molar-refractivity contribution in [2.45, 2.75) is 25.2 Å². The minimum atomic E-state index is -3.56. The third kappa shape index (κ3) is 4.28. The van der Waals surface area contributed by atoms with Crippen LogP contribution in [0.3, 0.4) is 0 Å². The summed E-state index contributed by atoms with van der Waals surface area (Å²) in [6, 6.07) is 14.5. The molecule has 0 saturated heterocycles. The molecule has 0 radical (unpaired) electrons. The molecule has 27 heavy (non-hydrogen) atoms. The Morgan fingerprint density at radius 1 is 1.15 bits per heavy atom.